The van der Waals surface area contributed by atoms with Crippen LogP contribution in [0.25, 0.3) is 0 Å². The minimum Gasteiger partial charge on any atom is -0.442 e. The van der Waals surface area contributed by atoms with Gasteiger partial charge in [0.1, 0.15) is 11.9 Å². The monoisotopic (exact) mass is 316 g/mol. The lowest BCUT2D eigenvalue weighted by Gasteiger charge is -2.16. The van der Waals surface area contributed by atoms with Gasteiger partial charge < -0.3 is 10.1 Å². The molecule has 23 heavy (non-hydrogen) atoms. The van der Waals surface area contributed by atoms with Crippen LogP contribution in [0, 0.1) is 0 Å². The number of hydrogen-bond donors (Lipinski definition) is 1. The van der Waals surface area contributed by atoms with Crippen LogP contribution in [0.3, 0.4) is 0 Å². The van der Waals surface area contributed by atoms with Gasteiger partial charge in [-0.15, -0.1) is 0 Å². The van der Waals surface area contributed by atoms with Crippen LogP contribution in [0.2, 0.25) is 0 Å². The van der Waals surface area contributed by atoms with Crippen LogP contribution in [-0.4, -0.2) is 37.0 Å². The molecule has 1 aromatic carbocycles. The van der Waals surface area contributed by atoms with E-state index in [1.54, 1.807) is 11.8 Å². The molecule has 6 nitrogen and oxygen atoms in total. The van der Waals surface area contributed by atoms with Crippen molar-refractivity contribution in [2.24, 2.45) is 0 Å². The average Bonchev–Trinajstić information content (AvgIpc) is 3.24. The fourth-order valence-corrected chi connectivity index (χ4v) is 3.03. The Balaban J connectivity index is 1.69. The minimum atomic E-state index is -0.416. The smallest absolute Gasteiger partial charge is 0.414 e. The summed E-state index contributed by atoms with van der Waals surface area (Å²) in [4.78, 5) is 36.2. The number of carbonyl (C=O) groups excluding carboxylic acids is 3. The van der Waals surface area contributed by atoms with E-state index in [-0.39, 0.29) is 23.2 Å². The summed E-state index contributed by atoms with van der Waals surface area (Å²) in [6, 6.07) is 7.52. The Morgan fingerprint density at radius 2 is 1.91 bits per heavy atom. The maximum atomic E-state index is 12.0. The molecule has 2 aliphatic rings. The van der Waals surface area contributed by atoms with Crippen LogP contribution >= 0.6 is 0 Å². The molecule has 1 saturated heterocycles. The van der Waals surface area contributed by atoms with E-state index in [0.717, 1.165) is 24.1 Å². The highest BCUT2D eigenvalue weighted by Gasteiger charge is 2.48. The van der Waals surface area contributed by atoms with Crippen LogP contribution in [0.5, 0.6) is 0 Å². The normalized spacial score (nSPS) is 21.7. The molecule has 2 amide bonds. The van der Waals surface area contributed by atoms with Crippen molar-refractivity contribution < 1.29 is 19.1 Å². The van der Waals surface area contributed by atoms with E-state index >= 15 is 0 Å². The van der Waals surface area contributed by atoms with Crippen molar-refractivity contribution in [3.63, 3.8) is 0 Å². The Labute approximate surface area is 134 Å². The molecular formula is C17H20N2O4. The second kappa shape index (κ2) is 5.68. The van der Waals surface area contributed by atoms with Crippen LogP contribution in [-0.2, 0) is 19.7 Å². The molecule has 0 bridgehead atoms. The van der Waals surface area contributed by atoms with Crippen LogP contribution in [0.1, 0.15) is 32.3 Å². The number of carbonyl (C=O) groups is 3. The SMILES string of the molecule is CC(=O)NCC1CN(c2ccc(C3(C(C)=O)CC3)cc2)C(=O)O1. The third kappa shape index (κ3) is 2.93. The largest absolute Gasteiger partial charge is 0.442 e. The molecule has 1 saturated carbocycles. The van der Waals surface area contributed by atoms with Gasteiger partial charge in [0.05, 0.1) is 18.5 Å². The summed E-state index contributed by atoms with van der Waals surface area (Å²) >= 11 is 0. The number of ether oxygens (including phenoxy) is 1. The topological polar surface area (TPSA) is 75.7 Å². The molecular weight excluding hydrogens is 296 g/mol. The maximum absolute atomic E-state index is 12.0. The lowest BCUT2D eigenvalue weighted by molar-refractivity contribution is -0.120. The Morgan fingerprint density at radius 1 is 1.26 bits per heavy atom. The zero-order chi connectivity index (χ0) is 16.6. The van der Waals surface area contributed by atoms with Crippen molar-refractivity contribution >= 4 is 23.5 Å². The molecule has 1 aliphatic heterocycles. The number of Topliss-reactive ketones (excluding diaryl/α,β-unsaturated/α-hetero) is 1. The van der Waals surface area contributed by atoms with Crippen LogP contribution in [0.4, 0.5) is 10.5 Å². The van der Waals surface area contributed by atoms with Crippen molar-refractivity contribution in [1.82, 2.24) is 5.32 Å². The summed E-state index contributed by atoms with van der Waals surface area (Å²) in [7, 11) is 0. The van der Waals surface area contributed by atoms with Gasteiger partial charge in [-0.05, 0) is 37.5 Å². The number of ketones is 1. The van der Waals surface area contributed by atoms with Gasteiger partial charge in [-0.2, -0.15) is 0 Å². The second-order valence-corrected chi connectivity index (χ2v) is 6.24. The van der Waals surface area contributed by atoms with E-state index in [0.29, 0.717) is 13.1 Å². The quantitative estimate of drug-likeness (QED) is 0.898. The van der Waals surface area contributed by atoms with Crippen molar-refractivity contribution in [3.8, 4) is 0 Å². The molecule has 6 heteroatoms. The van der Waals surface area contributed by atoms with Crippen molar-refractivity contribution in [2.75, 3.05) is 18.0 Å². The standard InChI is InChI=1S/C17H20N2O4/c1-11(20)17(7-8-17)13-3-5-14(6-4-13)19-10-15(23-16(19)22)9-18-12(2)21/h3-6,15H,7-10H2,1-2H3,(H,18,21). The lowest BCUT2D eigenvalue weighted by atomic mass is 9.92. The second-order valence-electron chi connectivity index (χ2n) is 6.24. The molecule has 1 aromatic rings. The minimum absolute atomic E-state index is 0.150. The summed E-state index contributed by atoms with van der Waals surface area (Å²) in [5, 5.41) is 2.65. The molecule has 1 N–H and O–H groups in total. The Kier molecular flexibility index (Phi) is 3.83. The number of nitrogens with zero attached hydrogens (tertiary/aromatic N) is 1. The number of benzene rings is 1. The zero-order valence-electron chi connectivity index (χ0n) is 13.3. The molecule has 0 spiro atoms. The fraction of sp³-hybridized carbons (Fsp3) is 0.471. The average molecular weight is 316 g/mol. The molecule has 122 valence electrons. The molecule has 1 aliphatic carbocycles. The Hall–Kier alpha value is -2.37. The summed E-state index contributed by atoms with van der Waals surface area (Å²) < 4.78 is 5.25. The predicted molar refractivity (Wildman–Crippen MR) is 84.3 cm³/mol. The van der Waals surface area contributed by atoms with Gasteiger partial charge in [-0.1, -0.05) is 12.1 Å². The van der Waals surface area contributed by atoms with Gasteiger partial charge in [0, 0.05) is 12.6 Å². The molecule has 1 atom stereocenters. The molecule has 1 heterocycles. The lowest BCUT2D eigenvalue weighted by Crippen LogP contribution is -2.33. The van der Waals surface area contributed by atoms with E-state index in [2.05, 4.69) is 5.32 Å². The first-order valence-corrected chi connectivity index (χ1v) is 7.76. The maximum Gasteiger partial charge on any atom is 0.414 e. The first kappa shape index (κ1) is 15.5. The highest BCUT2D eigenvalue weighted by atomic mass is 16.6. The van der Waals surface area contributed by atoms with Gasteiger partial charge in [0.25, 0.3) is 0 Å². The summed E-state index contributed by atoms with van der Waals surface area (Å²) in [6.07, 6.45) is 1.03. The van der Waals surface area contributed by atoms with Crippen LogP contribution < -0.4 is 10.2 Å². The van der Waals surface area contributed by atoms with Gasteiger partial charge in [-0.3, -0.25) is 14.5 Å². The summed E-state index contributed by atoms with van der Waals surface area (Å²) in [5.41, 5.74) is 1.44. The van der Waals surface area contributed by atoms with Gasteiger partial charge >= 0.3 is 6.09 Å². The number of cyclic esters (lactones) is 1. The molecule has 3 rings (SSSR count). The molecule has 0 radical (unpaired) electrons. The van der Waals surface area contributed by atoms with E-state index in [1.165, 1.54) is 6.92 Å². The predicted octanol–water partition coefficient (Wildman–Crippen LogP) is 1.77. The van der Waals surface area contributed by atoms with Gasteiger partial charge in [0.15, 0.2) is 0 Å². The van der Waals surface area contributed by atoms with Crippen molar-refractivity contribution in [1.29, 1.82) is 0 Å². The molecule has 2 fully saturated rings. The number of nitrogens with one attached hydrogen (secondary N) is 1. The number of hydrogen-bond acceptors (Lipinski definition) is 4. The van der Waals surface area contributed by atoms with Crippen molar-refractivity contribution in [3.05, 3.63) is 29.8 Å². The van der Waals surface area contributed by atoms with Crippen LogP contribution in [0.15, 0.2) is 24.3 Å². The Bertz CT molecular complexity index is 649. The van der Waals surface area contributed by atoms with E-state index in [4.69, 9.17) is 4.74 Å². The highest BCUT2D eigenvalue weighted by Crippen LogP contribution is 2.49. The summed E-state index contributed by atoms with van der Waals surface area (Å²) in [6.45, 7) is 3.76. The van der Waals surface area contributed by atoms with E-state index in [1.807, 2.05) is 24.3 Å². The van der Waals surface area contributed by atoms with E-state index in [9.17, 15) is 14.4 Å². The first-order chi connectivity index (χ1) is 10.9. The third-order valence-corrected chi connectivity index (χ3v) is 4.61. The first-order valence-electron chi connectivity index (χ1n) is 7.76. The fourth-order valence-electron chi connectivity index (χ4n) is 3.03. The van der Waals surface area contributed by atoms with Crippen molar-refractivity contribution in [2.45, 2.75) is 38.2 Å². The molecule has 1 unspecified atom stereocenters. The molecule has 0 aromatic heterocycles. The summed E-state index contributed by atoms with van der Waals surface area (Å²) in [5.74, 6) is 0.0454. The third-order valence-electron chi connectivity index (χ3n) is 4.61. The number of anilines is 1. The highest BCUT2D eigenvalue weighted by molar-refractivity contribution is 5.92. The number of amides is 2. The van der Waals surface area contributed by atoms with Gasteiger partial charge in [-0.25, -0.2) is 4.79 Å². The zero-order valence-corrected chi connectivity index (χ0v) is 13.3. The van der Waals surface area contributed by atoms with Gasteiger partial charge in [0.2, 0.25) is 5.91 Å². The number of rotatable bonds is 5. The van der Waals surface area contributed by atoms with E-state index < -0.39 is 6.09 Å². The Morgan fingerprint density at radius 3 is 2.43 bits per heavy atom.